The molecule has 1 atom stereocenters. The van der Waals surface area contributed by atoms with E-state index < -0.39 is 0 Å². The molecule has 0 aliphatic heterocycles. The van der Waals surface area contributed by atoms with E-state index in [2.05, 4.69) is 0 Å². The van der Waals surface area contributed by atoms with Gasteiger partial charge < -0.3 is 10.8 Å². The normalized spacial score (nSPS) is 13.5. The molecule has 0 amide bonds. The maximum atomic E-state index is 8.68. The predicted molar refractivity (Wildman–Crippen MR) is 43.1 cm³/mol. The van der Waals surface area contributed by atoms with Crippen LogP contribution in [0.5, 0.6) is 0 Å². The molecule has 0 saturated heterocycles. The Balaban J connectivity index is 2.74. The Morgan fingerprint density at radius 2 is 2.50 bits per heavy atom. The van der Waals surface area contributed by atoms with E-state index in [4.69, 9.17) is 10.8 Å². The lowest BCUT2D eigenvalue weighted by atomic mass is 10.2. The molecule has 0 fully saturated rings. The van der Waals surface area contributed by atoms with Crippen molar-refractivity contribution in [3.8, 4) is 0 Å². The van der Waals surface area contributed by atoms with Gasteiger partial charge in [0.05, 0.1) is 12.6 Å². The Labute approximate surface area is 64.3 Å². The van der Waals surface area contributed by atoms with Gasteiger partial charge in [-0.3, -0.25) is 0 Å². The van der Waals surface area contributed by atoms with Crippen LogP contribution in [0.25, 0.3) is 0 Å². The highest BCUT2D eigenvalue weighted by Gasteiger charge is 2.04. The molecule has 1 heterocycles. The molecule has 0 saturated carbocycles. The Bertz CT molecular complexity index is 209. The molecule has 0 radical (unpaired) electrons. The molecule has 3 N–H and O–H groups in total. The van der Waals surface area contributed by atoms with Crippen molar-refractivity contribution >= 4 is 11.3 Å². The van der Waals surface area contributed by atoms with E-state index in [-0.39, 0.29) is 12.6 Å². The maximum absolute atomic E-state index is 8.68. The summed E-state index contributed by atoms with van der Waals surface area (Å²) >= 11 is 1.66. The average Bonchev–Trinajstić information content (AvgIpc) is 2.34. The van der Waals surface area contributed by atoms with E-state index in [9.17, 15) is 0 Å². The highest BCUT2D eigenvalue weighted by Crippen LogP contribution is 2.17. The number of hydrogen-bond acceptors (Lipinski definition) is 3. The Hall–Kier alpha value is -0.380. The van der Waals surface area contributed by atoms with Crippen LogP contribution >= 0.6 is 11.3 Å². The second kappa shape index (κ2) is 3.14. The third kappa shape index (κ3) is 1.56. The van der Waals surface area contributed by atoms with Crippen LogP contribution in [0.4, 0.5) is 0 Å². The van der Waals surface area contributed by atoms with Gasteiger partial charge in [-0.1, -0.05) is 0 Å². The fraction of sp³-hybridized carbons (Fsp3) is 0.429. The molecule has 0 aliphatic carbocycles. The van der Waals surface area contributed by atoms with Crippen LogP contribution in [-0.2, 0) is 0 Å². The summed E-state index contributed by atoms with van der Waals surface area (Å²) < 4.78 is 0. The molecule has 3 heteroatoms. The number of rotatable bonds is 2. The highest BCUT2D eigenvalue weighted by atomic mass is 32.1. The zero-order valence-electron chi connectivity index (χ0n) is 5.87. The zero-order chi connectivity index (χ0) is 7.56. The van der Waals surface area contributed by atoms with Gasteiger partial charge in [-0.15, -0.1) is 11.3 Å². The minimum atomic E-state index is -0.204. The first-order chi connectivity index (χ1) is 4.74. The lowest BCUT2D eigenvalue weighted by Crippen LogP contribution is -2.13. The number of aliphatic hydroxyl groups is 1. The maximum Gasteiger partial charge on any atom is 0.0624 e. The number of nitrogens with two attached hydrogens (primary N) is 1. The Morgan fingerprint density at radius 3 is 2.90 bits per heavy atom. The molecule has 1 unspecified atom stereocenters. The van der Waals surface area contributed by atoms with Crippen molar-refractivity contribution in [3.63, 3.8) is 0 Å². The van der Waals surface area contributed by atoms with Gasteiger partial charge in [-0.05, 0) is 23.9 Å². The van der Waals surface area contributed by atoms with Crippen molar-refractivity contribution in [2.45, 2.75) is 13.0 Å². The molecule has 0 aliphatic rings. The lowest BCUT2D eigenvalue weighted by Gasteiger charge is -2.02. The Kier molecular flexibility index (Phi) is 2.43. The van der Waals surface area contributed by atoms with Gasteiger partial charge in [-0.2, -0.15) is 0 Å². The largest absolute Gasteiger partial charge is 0.394 e. The summed E-state index contributed by atoms with van der Waals surface area (Å²) in [6.45, 7) is 2.05. The molecule has 0 aromatic carbocycles. The molecule has 0 bridgehead atoms. The van der Waals surface area contributed by atoms with Gasteiger partial charge in [0.25, 0.3) is 0 Å². The van der Waals surface area contributed by atoms with Crippen LogP contribution in [-0.4, -0.2) is 11.7 Å². The van der Waals surface area contributed by atoms with Gasteiger partial charge in [0.1, 0.15) is 0 Å². The van der Waals surface area contributed by atoms with Crippen molar-refractivity contribution in [2.75, 3.05) is 6.61 Å². The standard InChI is InChI=1S/C7H11NOS/c1-5-2-6(4-10-5)7(8)3-9/h2,4,7,9H,3,8H2,1H3. The molecule has 56 valence electrons. The minimum absolute atomic E-state index is 0.0240. The lowest BCUT2D eigenvalue weighted by molar-refractivity contribution is 0.268. The van der Waals surface area contributed by atoms with Crippen LogP contribution < -0.4 is 5.73 Å². The minimum Gasteiger partial charge on any atom is -0.394 e. The predicted octanol–water partition coefficient (Wildman–Crippen LogP) is 1.05. The van der Waals surface area contributed by atoms with Gasteiger partial charge in [0, 0.05) is 4.88 Å². The van der Waals surface area contributed by atoms with Crippen LogP contribution in [0.1, 0.15) is 16.5 Å². The van der Waals surface area contributed by atoms with Gasteiger partial charge in [0.15, 0.2) is 0 Å². The summed E-state index contributed by atoms with van der Waals surface area (Å²) in [6, 6.07) is 1.80. The number of aliphatic hydroxyl groups excluding tert-OH is 1. The summed E-state index contributed by atoms with van der Waals surface area (Å²) in [4.78, 5) is 1.24. The summed E-state index contributed by atoms with van der Waals surface area (Å²) in [6.07, 6.45) is 0. The van der Waals surface area contributed by atoms with Crippen molar-refractivity contribution in [1.82, 2.24) is 0 Å². The molecule has 0 spiro atoms. The van der Waals surface area contributed by atoms with E-state index in [1.165, 1.54) is 4.88 Å². The second-order valence-electron chi connectivity index (χ2n) is 2.28. The highest BCUT2D eigenvalue weighted by molar-refractivity contribution is 7.10. The van der Waals surface area contributed by atoms with Gasteiger partial charge in [-0.25, -0.2) is 0 Å². The number of aryl methyl sites for hydroxylation is 1. The van der Waals surface area contributed by atoms with Crippen molar-refractivity contribution in [2.24, 2.45) is 5.73 Å². The summed E-state index contributed by atoms with van der Waals surface area (Å²) in [5.74, 6) is 0. The molecule has 1 aromatic heterocycles. The van der Waals surface area contributed by atoms with E-state index >= 15 is 0 Å². The summed E-state index contributed by atoms with van der Waals surface area (Å²) in [5.41, 5.74) is 6.60. The fourth-order valence-electron chi connectivity index (χ4n) is 0.764. The van der Waals surface area contributed by atoms with Crippen LogP contribution in [0.2, 0.25) is 0 Å². The first-order valence-corrected chi connectivity index (χ1v) is 4.03. The zero-order valence-corrected chi connectivity index (χ0v) is 6.69. The molecule has 10 heavy (non-hydrogen) atoms. The van der Waals surface area contributed by atoms with Crippen LogP contribution in [0.3, 0.4) is 0 Å². The number of thiophene rings is 1. The van der Waals surface area contributed by atoms with Crippen LogP contribution in [0.15, 0.2) is 11.4 Å². The summed E-state index contributed by atoms with van der Waals surface area (Å²) in [7, 11) is 0. The second-order valence-corrected chi connectivity index (χ2v) is 3.40. The van der Waals surface area contributed by atoms with Gasteiger partial charge in [0.2, 0.25) is 0 Å². The van der Waals surface area contributed by atoms with Crippen molar-refractivity contribution in [3.05, 3.63) is 21.9 Å². The smallest absolute Gasteiger partial charge is 0.0624 e. The van der Waals surface area contributed by atoms with E-state index in [0.29, 0.717) is 0 Å². The number of hydrogen-bond donors (Lipinski definition) is 2. The molecule has 2 nitrogen and oxygen atoms in total. The van der Waals surface area contributed by atoms with Gasteiger partial charge >= 0.3 is 0 Å². The Morgan fingerprint density at radius 1 is 1.80 bits per heavy atom. The molecular formula is C7H11NOS. The van der Waals surface area contributed by atoms with Crippen molar-refractivity contribution < 1.29 is 5.11 Å². The molecule has 1 aromatic rings. The van der Waals surface area contributed by atoms with Crippen LogP contribution in [0, 0.1) is 6.92 Å². The first kappa shape index (κ1) is 7.72. The fourth-order valence-corrected chi connectivity index (χ4v) is 1.53. The SMILES string of the molecule is Cc1cc(C(N)CO)cs1. The quantitative estimate of drug-likeness (QED) is 0.674. The molecule has 1 rings (SSSR count). The third-order valence-electron chi connectivity index (χ3n) is 1.38. The van der Waals surface area contributed by atoms with E-state index in [1.807, 2.05) is 18.4 Å². The first-order valence-electron chi connectivity index (χ1n) is 3.15. The van der Waals surface area contributed by atoms with Crippen molar-refractivity contribution in [1.29, 1.82) is 0 Å². The van der Waals surface area contributed by atoms with E-state index in [1.54, 1.807) is 11.3 Å². The monoisotopic (exact) mass is 157 g/mol. The summed E-state index contributed by atoms with van der Waals surface area (Å²) in [5, 5.41) is 10.7. The topological polar surface area (TPSA) is 46.2 Å². The average molecular weight is 157 g/mol. The third-order valence-corrected chi connectivity index (χ3v) is 2.26. The van der Waals surface area contributed by atoms with E-state index in [0.717, 1.165) is 5.56 Å². The molecular weight excluding hydrogens is 146 g/mol.